The highest BCUT2D eigenvalue weighted by Crippen LogP contribution is 2.29. The van der Waals surface area contributed by atoms with Gasteiger partial charge in [-0.25, -0.2) is 13.1 Å². The quantitative estimate of drug-likeness (QED) is 0.253. The van der Waals surface area contributed by atoms with Crippen molar-refractivity contribution in [2.45, 2.75) is 18.4 Å². The summed E-state index contributed by atoms with van der Waals surface area (Å²) in [4.78, 5) is 0.272. The molecule has 0 radical (unpaired) electrons. The molecule has 5 heteroatoms. The van der Waals surface area contributed by atoms with Crippen molar-refractivity contribution in [3.63, 3.8) is 0 Å². The van der Waals surface area contributed by atoms with E-state index in [-0.39, 0.29) is 11.4 Å². The molecule has 0 aliphatic carbocycles. The Kier molecular flexibility index (Phi) is 7.26. The van der Waals surface area contributed by atoms with Crippen LogP contribution in [-0.4, -0.2) is 15.0 Å². The van der Waals surface area contributed by atoms with Crippen molar-refractivity contribution >= 4 is 10.0 Å². The van der Waals surface area contributed by atoms with Gasteiger partial charge in [-0.3, -0.25) is 0 Å². The molecule has 1 aromatic heterocycles. The Morgan fingerprint density at radius 3 is 1.54 bits per heavy atom. The number of rotatable bonds is 8. The fourth-order valence-corrected chi connectivity index (χ4v) is 5.47. The van der Waals surface area contributed by atoms with Crippen molar-refractivity contribution in [2.75, 3.05) is 6.54 Å². The zero-order valence-electron chi connectivity index (χ0n) is 20.7. The van der Waals surface area contributed by atoms with Crippen LogP contribution in [0.4, 0.5) is 0 Å². The highest BCUT2D eigenvalue weighted by molar-refractivity contribution is 7.89. The number of hydrogen-bond donors (Lipinski definition) is 1. The third-order valence-corrected chi connectivity index (χ3v) is 7.85. The lowest BCUT2D eigenvalue weighted by Gasteiger charge is -2.13. The molecule has 5 rings (SSSR count). The Morgan fingerprint density at radius 2 is 1.05 bits per heavy atom. The van der Waals surface area contributed by atoms with E-state index in [0.29, 0.717) is 6.54 Å². The minimum atomic E-state index is -3.62. The van der Waals surface area contributed by atoms with E-state index in [1.54, 1.807) is 12.1 Å². The molecular weight excluding hydrogens is 476 g/mol. The van der Waals surface area contributed by atoms with Crippen LogP contribution in [0, 0.1) is 6.92 Å². The Balaban J connectivity index is 1.58. The summed E-state index contributed by atoms with van der Waals surface area (Å²) in [6.45, 7) is 2.66. The zero-order valence-corrected chi connectivity index (χ0v) is 21.5. The molecule has 184 valence electrons. The van der Waals surface area contributed by atoms with Gasteiger partial charge in [0.05, 0.1) is 11.4 Å². The van der Waals surface area contributed by atoms with Crippen LogP contribution in [0.2, 0.25) is 0 Å². The smallest absolute Gasteiger partial charge is 0.207 e. The van der Waals surface area contributed by atoms with Crippen molar-refractivity contribution in [3.8, 4) is 33.6 Å². The number of aromatic nitrogens is 1. The summed E-state index contributed by atoms with van der Waals surface area (Å²) in [5.41, 5.74) is 7.44. The maximum atomic E-state index is 13.0. The lowest BCUT2D eigenvalue weighted by Crippen LogP contribution is -2.44. The van der Waals surface area contributed by atoms with Gasteiger partial charge in [0, 0.05) is 23.3 Å². The Labute approximate surface area is 218 Å². The van der Waals surface area contributed by atoms with E-state index in [4.69, 9.17) is 0 Å². The number of aryl methyl sites for hydroxylation is 1. The van der Waals surface area contributed by atoms with Crippen molar-refractivity contribution in [3.05, 3.63) is 133 Å². The molecule has 5 aromatic rings. The van der Waals surface area contributed by atoms with Crippen molar-refractivity contribution in [2.24, 2.45) is 0 Å². The van der Waals surface area contributed by atoms with Gasteiger partial charge in [0.15, 0.2) is 6.54 Å². The first-order valence-corrected chi connectivity index (χ1v) is 13.8. The average molecular weight is 506 g/mol. The Bertz CT molecular complexity index is 1520. The van der Waals surface area contributed by atoms with E-state index in [0.717, 1.165) is 39.2 Å². The summed E-state index contributed by atoms with van der Waals surface area (Å²) in [7, 11) is -3.62. The molecular formula is C32H29N2O2S+. The molecule has 0 bridgehead atoms. The van der Waals surface area contributed by atoms with Crippen molar-refractivity contribution < 1.29 is 13.0 Å². The third-order valence-electron chi connectivity index (χ3n) is 6.37. The third kappa shape index (κ3) is 5.69. The van der Waals surface area contributed by atoms with Gasteiger partial charge in [-0.15, -0.1) is 0 Å². The van der Waals surface area contributed by atoms with E-state index >= 15 is 0 Å². The number of sulfonamides is 1. The molecule has 0 aliphatic heterocycles. The second-order valence-electron chi connectivity index (χ2n) is 8.98. The van der Waals surface area contributed by atoms with Crippen LogP contribution in [0.1, 0.15) is 5.56 Å². The SMILES string of the molecule is Cc1ccc(S(=O)(=O)NCC[n+]2c(-c3ccccc3)cc(-c3ccccc3)cc2-c2ccccc2)cc1. The first-order valence-electron chi connectivity index (χ1n) is 12.3. The fourth-order valence-electron chi connectivity index (χ4n) is 4.45. The zero-order chi connectivity index (χ0) is 25.7. The van der Waals surface area contributed by atoms with E-state index in [9.17, 15) is 8.42 Å². The van der Waals surface area contributed by atoms with Gasteiger partial charge in [0.25, 0.3) is 0 Å². The van der Waals surface area contributed by atoms with Crippen LogP contribution in [0.3, 0.4) is 0 Å². The van der Waals surface area contributed by atoms with Gasteiger partial charge in [0.2, 0.25) is 21.4 Å². The van der Waals surface area contributed by atoms with Crippen LogP contribution in [0.5, 0.6) is 0 Å². The lowest BCUT2D eigenvalue weighted by molar-refractivity contribution is -0.673. The number of benzene rings is 4. The van der Waals surface area contributed by atoms with E-state index < -0.39 is 10.0 Å². The second-order valence-corrected chi connectivity index (χ2v) is 10.7. The van der Waals surface area contributed by atoms with Gasteiger partial charge >= 0.3 is 0 Å². The molecule has 37 heavy (non-hydrogen) atoms. The van der Waals surface area contributed by atoms with Crippen LogP contribution in [0.15, 0.2) is 132 Å². The van der Waals surface area contributed by atoms with Gasteiger partial charge in [-0.1, -0.05) is 84.4 Å². The fraction of sp³-hybridized carbons (Fsp3) is 0.0938. The summed E-state index contributed by atoms with van der Waals surface area (Å²) in [6.07, 6.45) is 0. The van der Waals surface area contributed by atoms with Crippen LogP contribution in [0.25, 0.3) is 33.6 Å². The Morgan fingerprint density at radius 1 is 0.595 bits per heavy atom. The number of nitrogens with one attached hydrogen (secondary N) is 1. The molecule has 0 fully saturated rings. The molecule has 0 atom stereocenters. The van der Waals surface area contributed by atoms with E-state index in [1.165, 1.54) is 0 Å². The van der Waals surface area contributed by atoms with Crippen molar-refractivity contribution in [1.29, 1.82) is 0 Å². The molecule has 1 heterocycles. The molecule has 1 N–H and O–H groups in total. The maximum absolute atomic E-state index is 13.0. The van der Waals surface area contributed by atoms with Crippen LogP contribution in [-0.2, 0) is 16.6 Å². The minimum Gasteiger partial charge on any atom is -0.207 e. The average Bonchev–Trinajstić information content (AvgIpc) is 2.94. The number of nitrogens with zero attached hydrogens (tertiary/aromatic N) is 1. The topological polar surface area (TPSA) is 50.1 Å². The van der Waals surface area contributed by atoms with Crippen LogP contribution >= 0.6 is 0 Å². The maximum Gasteiger partial charge on any atom is 0.240 e. The number of hydrogen-bond acceptors (Lipinski definition) is 2. The molecule has 0 unspecified atom stereocenters. The molecule has 0 aliphatic rings. The summed E-state index contributed by atoms with van der Waals surface area (Å²) < 4.78 is 30.9. The summed E-state index contributed by atoms with van der Waals surface area (Å²) in [6, 6.07) is 42.1. The van der Waals surface area contributed by atoms with Gasteiger partial charge < -0.3 is 0 Å². The predicted molar refractivity (Wildman–Crippen MR) is 149 cm³/mol. The van der Waals surface area contributed by atoms with E-state index in [2.05, 4.69) is 57.8 Å². The minimum absolute atomic E-state index is 0.255. The predicted octanol–water partition coefficient (Wildman–Crippen LogP) is 6.26. The molecule has 0 spiro atoms. The van der Waals surface area contributed by atoms with Gasteiger partial charge in [-0.2, -0.15) is 4.57 Å². The summed E-state index contributed by atoms with van der Waals surface area (Å²) >= 11 is 0. The van der Waals surface area contributed by atoms with Gasteiger partial charge in [0.1, 0.15) is 0 Å². The molecule has 4 nitrogen and oxygen atoms in total. The van der Waals surface area contributed by atoms with Crippen LogP contribution < -0.4 is 9.29 Å². The monoisotopic (exact) mass is 505 g/mol. The highest BCUT2D eigenvalue weighted by Gasteiger charge is 2.23. The Hall–Kier alpha value is -4.06. The standard InChI is InChI=1S/C32H29N2O2S/c1-25-17-19-30(20-18-25)37(35,36)33-21-22-34-31(27-13-7-3-8-14-27)23-29(26-11-5-2-6-12-26)24-32(34)28-15-9-4-10-16-28/h2-20,23-24,33H,21-22H2,1H3/q+1. The first-order chi connectivity index (χ1) is 18.0. The second kappa shape index (κ2) is 10.9. The largest absolute Gasteiger partial charge is 0.240 e. The lowest BCUT2D eigenvalue weighted by atomic mass is 9.99. The summed E-state index contributed by atoms with van der Waals surface area (Å²) in [5, 5.41) is 0. The first kappa shape index (κ1) is 24.6. The summed E-state index contributed by atoms with van der Waals surface area (Å²) in [5.74, 6) is 0. The normalized spacial score (nSPS) is 11.4. The number of pyridine rings is 1. The highest BCUT2D eigenvalue weighted by atomic mass is 32.2. The van der Waals surface area contributed by atoms with E-state index in [1.807, 2.05) is 73.7 Å². The van der Waals surface area contributed by atoms with Gasteiger partial charge in [-0.05, 0) is 54.4 Å². The molecule has 0 saturated heterocycles. The molecule has 0 amide bonds. The molecule has 0 saturated carbocycles. The van der Waals surface area contributed by atoms with Crippen molar-refractivity contribution in [1.82, 2.24) is 4.72 Å². The molecule has 4 aromatic carbocycles.